The van der Waals surface area contributed by atoms with E-state index < -0.39 is 6.09 Å². The highest BCUT2D eigenvalue weighted by atomic mass is 16.6. The standard InChI is InChI=1S/C54H106N2O7/c1-7-11-15-19-23-29-37-49(38-30-24-20-16-12-8-2)52(57)61-45-35-27-33-41-51(63-54(59)55-43-47-60-48-44-56(5)6)42-34-28-36-46-62-53(58)50(39-31-25-21-17-13-9-3)40-32-26-22-18-14-10-4/h49-51H,7-48H2,1-6H3,(H,55,59). The van der Waals surface area contributed by atoms with Gasteiger partial charge in [-0.05, 0) is 91.1 Å². The van der Waals surface area contributed by atoms with E-state index in [0.29, 0.717) is 33.0 Å². The Labute approximate surface area is 390 Å². The van der Waals surface area contributed by atoms with Crippen molar-refractivity contribution in [3.05, 3.63) is 0 Å². The molecule has 0 aromatic heterocycles. The summed E-state index contributed by atoms with van der Waals surface area (Å²) < 4.78 is 23.3. The van der Waals surface area contributed by atoms with Crippen LogP contribution in [0, 0.1) is 11.8 Å². The molecule has 0 spiro atoms. The third-order valence-corrected chi connectivity index (χ3v) is 12.6. The molecule has 1 N–H and O–H groups in total. The minimum atomic E-state index is -0.400. The number of nitrogens with zero attached hydrogens (tertiary/aromatic N) is 1. The Kier molecular flexibility index (Phi) is 46.6. The van der Waals surface area contributed by atoms with E-state index in [4.69, 9.17) is 18.9 Å². The number of rotatable bonds is 49. The summed E-state index contributed by atoms with van der Waals surface area (Å²) in [6.45, 7) is 12.2. The molecular formula is C54H106N2O7. The van der Waals surface area contributed by atoms with E-state index in [1.807, 2.05) is 14.1 Å². The van der Waals surface area contributed by atoms with Crippen molar-refractivity contribution in [3.8, 4) is 0 Å². The van der Waals surface area contributed by atoms with Crippen LogP contribution in [0.1, 0.15) is 259 Å². The molecule has 9 nitrogen and oxygen atoms in total. The predicted octanol–water partition coefficient (Wildman–Crippen LogP) is 15.1. The fourth-order valence-electron chi connectivity index (χ4n) is 8.36. The van der Waals surface area contributed by atoms with Gasteiger partial charge in [0, 0.05) is 13.1 Å². The molecule has 0 aliphatic carbocycles. The summed E-state index contributed by atoms with van der Waals surface area (Å²) in [6.07, 6.45) is 39.7. The van der Waals surface area contributed by atoms with Gasteiger partial charge in [-0.25, -0.2) is 4.79 Å². The van der Waals surface area contributed by atoms with Crippen molar-refractivity contribution in [2.45, 2.75) is 265 Å². The van der Waals surface area contributed by atoms with Gasteiger partial charge in [-0.15, -0.1) is 0 Å². The molecule has 374 valence electrons. The summed E-state index contributed by atoms with van der Waals surface area (Å²) in [7, 11) is 4.02. The zero-order valence-corrected chi connectivity index (χ0v) is 42.7. The number of carbonyl (C=O) groups excluding carboxylic acids is 3. The van der Waals surface area contributed by atoms with Crippen LogP contribution >= 0.6 is 0 Å². The van der Waals surface area contributed by atoms with Gasteiger partial charge in [0.1, 0.15) is 6.10 Å². The summed E-state index contributed by atoms with van der Waals surface area (Å²) >= 11 is 0. The van der Waals surface area contributed by atoms with Crippen molar-refractivity contribution in [2.75, 3.05) is 53.6 Å². The van der Waals surface area contributed by atoms with Crippen molar-refractivity contribution < 1.29 is 33.3 Å². The fourth-order valence-corrected chi connectivity index (χ4v) is 8.36. The number of hydrogen-bond acceptors (Lipinski definition) is 8. The minimum Gasteiger partial charge on any atom is -0.465 e. The number of nitrogens with one attached hydrogen (secondary N) is 1. The molecule has 0 rings (SSSR count). The minimum absolute atomic E-state index is 0.00231. The van der Waals surface area contributed by atoms with E-state index in [9.17, 15) is 14.4 Å². The van der Waals surface area contributed by atoms with Gasteiger partial charge in [0.25, 0.3) is 0 Å². The van der Waals surface area contributed by atoms with Gasteiger partial charge in [-0.2, -0.15) is 0 Å². The summed E-state index contributed by atoms with van der Waals surface area (Å²) in [5, 5.41) is 2.86. The lowest BCUT2D eigenvalue weighted by atomic mass is 9.94. The van der Waals surface area contributed by atoms with Gasteiger partial charge in [-0.3, -0.25) is 9.59 Å². The van der Waals surface area contributed by atoms with Crippen LogP contribution in [0.15, 0.2) is 0 Å². The highest BCUT2D eigenvalue weighted by Gasteiger charge is 2.21. The van der Waals surface area contributed by atoms with Crippen molar-refractivity contribution >= 4 is 18.0 Å². The van der Waals surface area contributed by atoms with E-state index in [0.717, 1.165) is 109 Å². The Bertz CT molecular complexity index is 903. The van der Waals surface area contributed by atoms with Crippen LogP contribution in [-0.2, 0) is 28.5 Å². The van der Waals surface area contributed by atoms with Crippen LogP contribution < -0.4 is 5.32 Å². The Morgan fingerprint density at radius 3 is 1.11 bits per heavy atom. The summed E-state index contributed by atoms with van der Waals surface area (Å²) in [6, 6.07) is 0. The fraction of sp³-hybridized carbons (Fsp3) is 0.944. The molecule has 9 heteroatoms. The first-order valence-electron chi connectivity index (χ1n) is 27.3. The number of amides is 1. The summed E-state index contributed by atoms with van der Waals surface area (Å²) in [4.78, 5) is 41.3. The molecule has 0 saturated carbocycles. The largest absolute Gasteiger partial charge is 0.465 e. The quantitative estimate of drug-likeness (QED) is 0.0366. The summed E-state index contributed by atoms with van der Waals surface area (Å²) in [5.41, 5.74) is 0. The number of carbonyl (C=O) groups is 3. The monoisotopic (exact) mass is 895 g/mol. The third kappa shape index (κ3) is 42.5. The molecule has 0 aromatic carbocycles. The molecule has 0 atom stereocenters. The van der Waals surface area contributed by atoms with Crippen LogP contribution in [0.25, 0.3) is 0 Å². The second-order valence-corrected chi connectivity index (χ2v) is 19.0. The lowest BCUT2D eigenvalue weighted by Gasteiger charge is -2.19. The van der Waals surface area contributed by atoms with Crippen LogP contribution in [0.2, 0.25) is 0 Å². The van der Waals surface area contributed by atoms with Crippen molar-refractivity contribution in [1.29, 1.82) is 0 Å². The molecule has 0 radical (unpaired) electrons. The lowest BCUT2D eigenvalue weighted by molar-refractivity contribution is -0.150. The van der Waals surface area contributed by atoms with Gasteiger partial charge in [-0.1, -0.05) is 182 Å². The topological polar surface area (TPSA) is 103 Å². The normalized spacial score (nSPS) is 11.7. The van der Waals surface area contributed by atoms with Crippen LogP contribution in [0.3, 0.4) is 0 Å². The average molecular weight is 895 g/mol. The van der Waals surface area contributed by atoms with E-state index >= 15 is 0 Å². The van der Waals surface area contributed by atoms with Gasteiger partial charge in [0.2, 0.25) is 0 Å². The molecular weight excluding hydrogens is 789 g/mol. The number of unbranched alkanes of at least 4 members (excludes halogenated alkanes) is 24. The Morgan fingerprint density at radius 2 is 0.746 bits per heavy atom. The molecule has 63 heavy (non-hydrogen) atoms. The molecule has 0 aliphatic heterocycles. The number of hydrogen-bond donors (Lipinski definition) is 1. The molecule has 0 aliphatic rings. The van der Waals surface area contributed by atoms with Crippen molar-refractivity contribution in [3.63, 3.8) is 0 Å². The van der Waals surface area contributed by atoms with Gasteiger partial charge < -0.3 is 29.2 Å². The molecule has 0 heterocycles. The highest BCUT2D eigenvalue weighted by molar-refractivity contribution is 5.72. The molecule has 0 unspecified atom stereocenters. The number of likely N-dealkylation sites (N-methyl/N-ethyl adjacent to an activating group) is 1. The van der Waals surface area contributed by atoms with E-state index in [-0.39, 0.29) is 29.9 Å². The van der Waals surface area contributed by atoms with Crippen molar-refractivity contribution in [1.82, 2.24) is 10.2 Å². The SMILES string of the molecule is CCCCCCCCC(CCCCCCCC)C(=O)OCCCCCC(CCCCCOC(=O)C(CCCCCCCC)CCCCCCCC)OC(=O)NCCOCCN(C)C. The summed E-state index contributed by atoms with van der Waals surface area (Å²) in [5.74, 6) is 0.0457. The van der Waals surface area contributed by atoms with E-state index in [2.05, 4.69) is 37.9 Å². The number of alkyl carbamates (subject to hydrolysis) is 1. The smallest absolute Gasteiger partial charge is 0.407 e. The average Bonchev–Trinajstić information content (AvgIpc) is 3.27. The lowest BCUT2D eigenvalue weighted by Crippen LogP contribution is -2.32. The van der Waals surface area contributed by atoms with Crippen LogP contribution in [0.4, 0.5) is 4.79 Å². The maximum absolute atomic E-state index is 13.2. The first-order valence-corrected chi connectivity index (χ1v) is 27.3. The predicted molar refractivity (Wildman–Crippen MR) is 265 cm³/mol. The zero-order chi connectivity index (χ0) is 46.3. The second kappa shape index (κ2) is 48.1. The Hall–Kier alpha value is -1.87. The highest BCUT2D eigenvalue weighted by Crippen LogP contribution is 2.23. The molecule has 0 fully saturated rings. The molecule has 0 bridgehead atoms. The van der Waals surface area contributed by atoms with Gasteiger partial charge in [0.05, 0.1) is 38.3 Å². The first-order chi connectivity index (χ1) is 30.8. The Balaban J connectivity index is 4.94. The van der Waals surface area contributed by atoms with Crippen molar-refractivity contribution in [2.24, 2.45) is 11.8 Å². The molecule has 0 saturated heterocycles. The zero-order valence-electron chi connectivity index (χ0n) is 42.7. The maximum Gasteiger partial charge on any atom is 0.407 e. The Morgan fingerprint density at radius 1 is 0.413 bits per heavy atom. The van der Waals surface area contributed by atoms with E-state index in [1.54, 1.807) is 0 Å². The first kappa shape index (κ1) is 61.1. The van der Waals surface area contributed by atoms with Gasteiger partial charge >= 0.3 is 18.0 Å². The maximum atomic E-state index is 13.2. The third-order valence-electron chi connectivity index (χ3n) is 12.6. The number of esters is 2. The van der Waals surface area contributed by atoms with Crippen LogP contribution in [0.5, 0.6) is 0 Å². The van der Waals surface area contributed by atoms with E-state index in [1.165, 1.54) is 128 Å². The number of ether oxygens (including phenoxy) is 4. The van der Waals surface area contributed by atoms with Gasteiger partial charge in [0.15, 0.2) is 0 Å². The molecule has 0 aromatic rings. The molecule has 1 amide bonds. The van der Waals surface area contributed by atoms with Crippen LogP contribution in [-0.4, -0.2) is 82.6 Å². The second-order valence-electron chi connectivity index (χ2n) is 19.0.